The van der Waals surface area contributed by atoms with E-state index in [1.165, 1.54) is 7.11 Å². The van der Waals surface area contributed by atoms with E-state index in [0.717, 1.165) is 0 Å². The largest absolute Gasteiger partial charge is 0.480 e. The van der Waals surface area contributed by atoms with Crippen molar-refractivity contribution in [1.29, 1.82) is 0 Å². The van der Waals surface area contributed by atoms with E-state index < -0.39 is 27.4 Å². The molecule has 0 aliphatic carbocycles. The predicted molar refractivity (Wildman–Crippen MR) is 59.7 cm³/mol. The summed E-state index contributed by atoms with van der Waals surface area (Å²) in [4.78, 5) is 10.9. The Morgan fingerprint density at radius 2 is 1.94 bits per heavy atom. The highest BCUT2D eigenvalue weighted by atomic mass is 32.2. The van der Waals surface area contributed by atoms with Crippen LogP contribution in [0.15, 0.2) is 0 Å². The maximum absolute atomic E-state index is 11.5. The number of rotatable bonds is 6. The van der Waals surface area contributed by atoms with E-state index >= 15 is 0 Å². The van der Waals surface area contributed by atoms with Crippen LogP contribution in [-0.4, -0.2) is 45.0 Å². The second-order valence-corrected chi connectivity index (χ2v) is 6.44. The van der Waals surface area contributed by atoms with Crippen molar-refractivity contribution in [3.05, 3.63) is 0 Å². The molecule has 0 aromatic rings. The van der Waals surface area contributed by atoms with Crippen LogP contribution in [-0.2, 0) is 19.6 Å². The molecule has 0 fully saturated rings. The molecule has 1 atom stereocenters. The number of carboxylic acids is 1. The lowest BCUT2D eigenvalue weighted by Crippen LogP contribution is -2.49. The number of ether oxygens (including phenoxy) is 1. The highest BCUT2D eigenvalue weighted by Gasteiger charge is 2.34. The third-order valence-corrected chi connectivity index (χ3v) is 3.27. The van der Waals surface area contributed by atoms with Gasteiger partial charge in [0.25, 0.3) is 0 Å². The molecule has 0 aliphatic rings. The van der Waals surface area contributed by atoms with Gasteiger partial charge < -0.3 is 9.84 Å². The summed E-state index contributed by atoms with van der Waals surface area (Å²) in [7, 11) is -2.24. The SMILES string of the molecule is COCCS(=O)(=O)N[C@H](C(=O)O)C(C)(C)C. The summed E-state index contributed by atoms with van der Waals surface area (Å²) in [6.07, 6.45) is 0. The number of carboxylic acid groups (broad SMARTS) is 1. The Morgan fingerprint density at radius 1 is 1.44 bits per heavy atom. The number of hydrogen-bond acceptors (Lipinski definition) is 4. The average molecular weight is 253 g/mol. The van der Waals surface area contributed by atoms with Gasteiger partial charge in [0.15, 0.2) is 0 Å². The molecule has 0 rings (SSSR count). The van der Waals surface area contributed by atoms with E-state index in [2.05, 4.69) is 9.46 Å². The van der Waals surface area contributed by atoms with Gasteiger partial charge in [-0.1, -0.05) is 20.8 Å². The molecule has 6 nitrogen and oxygen atoms in total. The van der Waals surface area contributed by atoms with Crippen LogP contribution in [0.3, 0.4) is 0 Å². The van der Waals surface area contributed by atoms with Gasteiger partial charge in [0.1, 0.15) is 6.04 Å². The summed E-state index contributed by atoms with van der Waals surface area (Å²) in [5, 5.41) is 8.94. The molecule has 0 aliphatic heterocycles. The molecule has 0 amide bonds. The fourth-order valence-electron chi connectivity index (χ4n) is 1.03. The number of aliphatic carboxylic acids is 1. The van der Waals surface area contributed by atoms with Gasteiger partial charge in [-0.15, -0.1) is 0 Å². The van der Waals surface area contributed by atoms with Crippen molar-refractivity contribution in [3.63, 3.8) is 0 Å². The summed E-state index contributed by atoms with van der Waals surface area (Å²) in [5.74, 6) is -1.43. The van der Waals surface area contributed by atoms with Gasteiger partial charge in [0.05, 0.1) is 12.4 Å². The maximum atomic E-state index is 11.5. The molecule has 0 unspecified atom stereocenters. The minimum absolute atomic E-state index is 0.0335. The third-order valence-electron chi connectivity index (χ3n) is 1.97. The lowest BCUT2D eigenvalue weighted by Gasteiger charge is -2.27. The van der Waals surface area contributed by atoms with Crippen molar-refractivity contribution in [2.24, 2.45) is 5.41 Å². The first-order valence-corrected chi connectivity index (χ1v) is 6.47. The Kier molecular flexibility index (Phi) is 5.37. The van der Waals surface area contributed by atoms with Crippen LogP contribution >= 0.6 is 0 Å². The molecule has 96 valence electrons. The van der Waals surface area contributed by atoms with Crippen LogP contribution in [0.4, 0.5) is 0 Å². The number of hydrogen-bond donors (Lipinski definition) is 2. The van der Waals surface area contributed by atoms with E-state index in [1.54, 1.807) is 20.8 Å². The summed E-state index contributed by atoms with van der Waals surface area (Å²) >= 11 is 0. The van der Waals surface area contributed by atoms with Gasteiger partial charge >= 0.3 is 5.97 Å². The number of nitrogens with one attached hydrogen (secondary N) is 1. The van der Waals surface area contributed by atoms with E-state index in [9.17, 15) is 13.2 Å². The van der Waals surface area contributed by atoms with Crippen LogP contribution in [0, 0.1) is 5.41 Å². The zero-order valence-corrected chi connectivity index (χ0v) is 10.8. The first-order valence-electron chi connectivity index (χ1n) is 4.82. The van der Waals surface area contributed by atoms with E-state index in [-0.39, 0.29) is 12.4 Å². The number of carbonyl (C=O) groups is 1. The molecule has 0 aromatic heterocycles. The van der Waals surface area contributed by atoms with E-state index in [0.29, 0.717) is 0 Å². The lowest BCUT2D eigenvalue weighted by atomic mass is 9.88. The molecule has 0 saturated heterocycles. The number of methoxy groups -OCH3 is 1. The van der Waals surface area contributed by atoms with Gasteiger partial charge in [-0.2, -0.15) is 0 Å². The fraction of sp³-hybridized carbons (Fsp3) is 0.889. The summed E-state index contributed by atoms with van der Waals surface area (Å²) < 4.78 is 29.8. The monoisotopic (exact) mass is 253 g/mol. The first-order chi connectivity index (χ1) is 7.10. The molecule has 0 spiro atoms. The zero-order chi connectivity index (χ0) is 13.0. The van der Waals surface area contributed by atoms with E-state index in [4.69, 9.17) is 5.11 Å². The average Bonchev–Trinajstić information content (AvgIpc) is 2.09. The Labute approximate surface area is 96.0 Å². The van der Waals surface area contributed by atoms with Crippen LogP contribution in [0.25, 0.3) is 0 Å². The molecule has 2 N–H and O–H groups in total. The van der Waals surface area contributed by atoms with Gasteiger partial charge in [-0.25, -0.2) is 13.1 Å². The van der Waals surface area contributed by atoms with Gasteiger partial charge in [0, 0.05) is 7.11 Å². The van der Waals surface area contributed by atoms with Crippen molar-refractivity contribution in [1.82, 2.24) is 4.72 Å². The minimum Gasteiger partial charge on any atom is -0.480 e. The van der Waals surface area contributed by atoms with Crippen molar-refractivity contribution in [2.75, 3.05) is 19.5 Å². The first kappa shape index (κ1) is 15.3. The molecule has 0 saturated carbocycles. The number of sulfonamides is 1. The Morgan fingerprint density at radius 3 is 2.25 bits per heavy atom. The van der Waals surface area contributed by atoms with Gasteiger partial charge in [-0.3, -0.25) is 4.79 Å². The van der Waals surface area contributed by atoms with Crippen LogP contribution in [0.1, 0.15) is 20.8 Å². The van der Waals surface area contributed by atoms with Crippen molar-refractivity contribution in [3.8, 4) is 0 Å². The highest BCUT2D eigenvalue weighted by molar-refractivity contribution is 7.89. The fourth-order valence-corrected chi connectivity index (χ4v) is 2.35. The molecule has 0 radical (unpaired) electrons. The molecule has 0 bridgehead atoms. The summed E-state index contributed by atoms with van der Waals surface area (Å²) in [5.41, 5.74) is -0.689. The zero-order valence-electron chi connectivity index (χ0n) is 9.98. The summed E-state index contributed by atoms with van der Waals surface area (Å²) in [6, 6.07) is -1.14. The minimum atomic E-state index is -3.63. The topological polar surface area (TPSA) is 92.7 Å². The van der Waals surface area contributed by atoms with Crippen LogP contribution in [0.2, 0.25) is 0 Å². The second kappa shape index (κ2) is 5.60. The highest BCUT2D eigenvalue weighted by Crippen LogP contribution is 2.20. The van der Waals surface area contributed by atoms with Crippen molar-refractivity contribution >= 4 is 16.0 Å². The Balaban J connectivity index is 4.71. The maximum Gasteiger partial charge on any atom is 0.322 e. The van der Waals surface area contributed by atoms with Gasteiger partial charge in [-0.05, 0) is 5.41 Å². The smallest absolute Gasteiger partial charge is 0.322 e. The molecular formula is C9H19NO5S. The molecule has 0 heterocycles. The van der Waals surface area contributed by atoms with Crippen LogP contribution in [0.5, 0.6) is 0 Å². The predicted octanol–water partition coefficient (Wildman–Crippen LogP) is 0.0515. The van der Waals surface area contributed by atoms with Crippen molar-refractivity contribution < 1.29 is 23.1 Å². The third kappa shape index (κ3) is 5.43. The van der Waals surface area contributed by atoms with Crippen LogP contribution < -0.4 is 4.72 Å². The normalized spacial score (nSPS) is 14.8. The van der Waals surface area contributed by atoms with E-state index in [1.807, 2.05) is 0 Å². The van der Waals surface area contributed by atoms with Gasteiger partial charge in [0.2, 0.25) is 10.0 Å². The molecular weight excluding hydrogens is 234 g/mol. The second-order valence-electron chi connectivity index (χ2n) is 4.57. The lowest BCUT2D eigenvalue weighted by molar-refractivity contribution is -0.141. The van der Waals surface area contributed by atoms with Crippen molar-refractivity contribution in [2.45, 2.75) is 26.8 Å². The quantitative estimate of drug-likeness (QED) is 0.698. The molecule has 7 heteroatoms. The molecule has 16 heavy (non-hydrogen) atoms. The molecule has 0 aromatic carbocycles. The Bertz CT molecular complexity index is 330. The standard InChI is InChI=1S/C9H19NO5S/c1-9(2,3)7(8(11)12)10-16(13,14)6-5-15-4/h7,10H,5-6H2,1-4H3,(H,11,12)/t7-/m1/s1. The summed E-state index contributed by atoms with van der Waals surface area (Å²) in [6.45, 7) is 5.01. The Hall–Kier alpha value is -0.660.